The molecule has 0 atom stereocenters. The first-order chi connectivity index (χ1) is 13.1. The number of carbonyl (C=O) groups is 1. The first-order valence-corrected chi connectivity index (χ1v) is 9.66. The second-order valence-corrected chi connectivity index (χ2v) is 8.08. The zero-order chi connectivity index (χ0) is 20.5. The molecule has 3 rings (SSSR count). The second kappa shape index (κ2) is 7.51. The monoisotopic (exact) mass is 419 g/mol. The third-order valence-electron chi connectivity index (χ3n) is 4.40. The third kappa shape index (κ3) is 4.02. The maximum Gasteiger partial charge on any atom is 0.470 e. The minimum Gasteiger partial charge on any atom is -0.465 e. The van der Waals surface area contributed by atoms with E-state index in [1.807, 2.05) is 0 Å². The minimum atomic E-state index is -4.72. The zero-order valence-electron chi connectivity index (χ0n) is 14.6. The lowest BCUT2D eigenvalue weighted by Gasteiger charge is -2.29. The Labute approximate surface area is 158 Å². The van der Waals surface area contributed by atoms with Crippen molar-refractivity contribution in [3.8, 4) is 0 Å². The van der Waals surface area contributed by atoms with Crippen molar-refractivity contribution in [2.24, 2.45) is 0 Å². The number of aromatic nitrogens is 2. The molecule has 2 heterocycles. The molecule has 8 nitrogen and oxygen atoms in total. The van der Waals surface area contributed by atoms with Crippen molar-refractivity contribution in [1.82, 2.24) is 14.5 Å². The van der Waals surface area contributed by atoms with Gasteiger partial charge in [-0.05, 0) is 37.1 Å². The number of rotatable bonds is 4. The molecule has 1 saturated heterocycles. The molecule has 0 unspecified atom stereocenters. The number of ether oxygens (including phenoxy) is 1. The Hall–Kier alpha value is -2.47. The number of sulfonamides is 1. The summed E-state index contributed by atoms with van der Waals surface area (Å²) in [4.78, 5) is 11.4. The SMILES string of the molecule is COC(=O)c1ccc(S(=O)(=O)N2CCC(c3nnc(C(F)(F)F)o3)CC2)cc1. The molecule has 1 aromatic carbocycles. The topological polar surface area (TPSA) is 103 Å². The summed E-state index contributed by atoms with van der Waals surface area (Å²) in [6.07, 6.45) is -4.22. The number of methoxy groups -OCH3 is 1. The highest BCUT2D eigenvalue weighted by atomic mass is 32.2. The van der Waals surface area contributed by atoms with E-state index in [-0.39, 0.29) is 42.3 Å². The van der Waals surface area contributed by atoms with E-state index in [4.69, 9.17) is 0 Å². The van der Waals surface area contributed by atoms with Gasteiger partial charge in [-0.25, -0.2) is 13.2 Å². The van der Waals surface area contributed by atoms with Gasteiger partial charge in [0.05, 0.1) is 17.6 Å². The van der Waals surface area contributed by atoms with Crippen LogP contribution in [0.2, 0.25) is 0 Å². The lowest BCUT2D eigenvalue weighted by molar-refractivity contribution is -0.157. The first-order valence-electron chi connectivity index (χ1n) is 8.22. The lowest BCUT2D eigenvalue weighted by atomic mass is 9.98. The van der Waals surface area contributed by atoms with Gasteiger partial charge in [0.2, 0.25) is 15.9 Å². The van der Waals surface area contributed by atoms with Gasteiger partial charge in [0.25, 0.3) is 0 Å². The normalized spacial score (nSPS) is 16.9. The molecule has 1 fully saturated rings. The fraction of sp³-hybridized carbons (Fsp3) is 0.438. The average molecular weight is 419 g/mol. The van der Waals surface area contributed by atoms with E-state index in [9.17, 15) is 26.4 Å². The molecule has 0 amide bonds. The van der Waals surface area contributed by atoms with E-state index in [0.717, 1.165) is 0 Å². The molecule has 0 bridgehead atoms. The molecule has 12 heteroatoms. The number of esters is 1. The summed E-state index contributed by atoms with van der Waals surface area (Å²) in [5, 5.41) is 6.43. The van der Waals surface area contributed by atoms with Crippen LogP contribution in [0.4, 0.5) is 13.2 Å². The Morgan fingerprint density at radius 2 is 1.79 bits per heavy atom. The molecule has 0 radical (unpaired) electrons. The van der Waals surface area contributed by atoms with Crippen LogP contribution in [0.1, 0.15) is 40.9 Å². The van der Waals surface area contributed by atoms with Gasteiger partial charge in [-0.2, -0.15) is 17.5 Å². The van der Waals surface area contributed by atoms with Crippen molar-refractivity contribution in [3.05, 3.63) is 41.6 Å². The first kappa shape index (κ1) is 20.3. The van der Waals surface area contributed by atoms with E-state index in [0.29, 0.717) is 0 Å². The van der Waals surface area contributed by atoms with Gasteiger partial charge in [0, 0.05) is 19.0 Å². The minimum absolute atomic E-state index is 0.00995. The van der Waals surface area contributed by atoms with Crippen LogP contribution >= 0.6 is 0 Å². The number of alkyl halides is 3. The maximum atomic E-state index is 12.7. The Bertz CT molecular complexity index is 949. The third-order valence-corrected chi connectivity index (χ3v) is 6.31. The highest BCUT2D eigenvalue weighted by Crippen LogP contribution is 2.33. The predicted octanol–water partition coefficient (Wildman–Crippen LogP) is 2.44. The molecular weight excluding hydrogens is 403 g/mol. The van der Waals surface area contributed by atoms with Crippen molar-refractivity contribution >= 4 is 16.0 Å². The molecule has 0 N–H and O–H groups in total. The molecule has 1 aromatic heterocycles. The van der Waals surface area contributed by atoms with Crippen LogP contribution in [0, 0.1) is 0 Å². The number of benzene rings is 1. The van der Waals surface area contributed by atoms with Crippen LogP contribution in [0.25, 0.3) is 0 Å². The highest BCUT2D eigenvalue weighted by molar-refractivity contribution is 7.89. The quantitative estimate of drug-likeness (QED) is 0.702. The fourth-order valence-corrected chi connectivity index (χ4v) is 4.36. The number of carbonyl (C=O) groups excluding carboxylic acids is 1. The van der Waals surface area contributed by atoms with Gasteiger partial charge in [-0.1, -0.05) is 0 Å². The van der Waals surface area contributed by atoms with Crippen LogP contribution in [0.3, 0.4) is 0 Å². The molecule has 152 valence electrons. The summed E-state index contributed by atoms with van der Waals surface area (Å²) < 4.78 is 73.6. The smallest absolute Gasteiger partial charge is 0.465 e. The molecule has 1 aliphatic heterocycles. The average Bonchev–Trinajstić information content (AvgIpc) is 3.18. The summed E-state index contributed by atoms with van der Waals surface area (Å²) >= 11 is 0. The molecule has 0 aliphatic carbocycles. The van der Waals surface area contributed by atoms with Crippen LogP contribution in [0.5, 0.6) is 0 Å². The Kier molecular flexibility index (Phi) is 5.44. The van der Waals surface area contributed by atoms with Crippen molar-refractivity contribution in [2.75, 3.05) is 20.2 Å². The van der Waals surface area contributed by atoms with Crippen LogP contribution in [-0.2, 0) is 20.9 Å². The molecule has 2 aromatic rings. The maximum absolute atomic E-state index is 12.7. The molecular formula is C16H16F3N3O5S. The number of hydrogen-bond donors (Lipinski definition) is 0. The summed E-state index contributed by atoms with van der Waals surface area (Å²) in [5.74, 6) is -2.59. The van der Waals surface area contributed by atoms with Gasteiger partial charge in [-0.3, -0.25) is 0 Å². The van der Waals surface area contributed by atoms with Crippen LogP contribution in [0.15, 0.2) is 33.6 Å². The van der Waals surface area contributed by atoms with E-state index < -0.39 is 34.0 Å². The van der Waals surface area contributed by atoms with Gasteiger partial charge in [0.1, 0.15) is 0 Å². The molecule has 0 spiro atoms. The van der Waals surface area contributed by atoms with E-state index in [2.05, 4.69) is 19.4 Å². The Morgan fingerprint density at radius 3 is 2.29 bits per heavy atom. The number of nitrogens with zero attached hydrogens (tertiary/aromatic N) is 3. The Morgan fingerprint density at radius 1 is 1.18 bits per heavy atom. The van der Waals surface area contributed by atoms with E-state index in [1.165, 1.54) is 35.7 Å². The number of halogens is 3. The number of piperidine rings is 1. The van der Waals surface area contributed by atoms with Gasteiger partial charge in [-0.15, -0.1) is 10.2 Å². The largest absolute Gasteiger partial charge is 0.470 e. The van der Waals surface area contributed by atoms with Crippen LogP contribution < -0.4 is 0 Å². The predicted molar refractivity (Wildman–Crippen MR) is 87.8 cm³/mol. The van der Waals surface area contributed by atoms with Crippen molar-refractivity contribution in [2.45, 2.75) is 29.8 Å². The summed E-state index contributed by atoms with van der Waals surface area (Å²) in [6.45, 7) is 0.185. The second-order valence-electron chi connectivity index (χ2n) is 6.14. The van der Waals surface area contributed by atoms with Gasteiger partial charge >= 0.3 is 18.0 Å². The Balaban J connectivity index is 1.68. The lowest BCUT2D eigenvalue weighted by Crippen LogP contribution is -2.38. The number of hydrogen-bond acceptors (Lipinski definition) is 7. The fourth-order valence-electron chi connectivity index (χ4n) is 2.89. The zero-order valence-corrected chi connectivity index (χ0v) is 15.5. The van der Waals surface area contributed by atoms with Crippen molar-refractivity contribution in [1.29, 1.82) is 0 Å². The van der Waals surface area contributed by atoms with Crippen molar-refractivity contribution in [3.63, 3.8) is 0 Å². The standard InChI is InChI=1S/C16H16F3N3O5S/c1-26-14(23)11-2-4-12(5-3-11)28(24,25)22-8-6-10(7-9-22)13-20-21-15(27-13)16(17,18)19/h2-5,10H,6-9H2,1H3. The summed E-state index contributed by atoms with van der Waals surface area (Å²) in [7, 11) is -2.58. The molecule has 1 aliphatic rings. The molecule has 28 heavy (non-hydrogen) atoms. The van der Waals surface area contributed by atoms with Gasteiger partial charge < -0.3 is 9.15 Å². The molecule has 0 saturated carbocycles. The van der Waals surface area contributed by atoms with Crippen LogP contribution in [-0.4, -0.2) is 49.1 Å². The van der Waals surface area contributed by atoms with Gasteiger partial charge in [0.15, 0.2) is 0 Å². The van der Waals surface area contributed by atoms with E-state index >= 15 is 0 Å². The summed E-state index contributed by atoms with van der Waals surface area (Å²) in [6, 6.07) is 5.31. The van der Waals surface area contributed by atoms with E-state index in [1.54, 1.807) is 0 Å². The summed E-state index contributed by atoms with van der Waals surface area (Å²) in [5.41, 5.74) is 0.219. The van der Waals surface area contributed by atoms with Crippen molar-refractivity contribution < 1.29 is 35.5 Å². The highest BCUT2D eigenvalue weighted by Gasteiger charge is 2.39.